The number of halogens is 1. The van der Waals surface area contributed by atoms with Crippen LogP contribution in [0, 0.1) is 13.8 Å². The molecule has 1 unspecified atom stereocenters. The largest absolute Gasteiger partial charge is 0.325 e. The molecule has 3 aromatic carbocycles. The van der Waals surface area contributed by atoms with E-state index in [2.05, 4.69) is 15.5 Å². The van der Waals surface area contributed by atoms with E-state index >= 15 is 0 Å². The molecule has 0 aliphatic rings. The SMILES string of the molecule is Cc1cccc(C)c1NC(=O)C(C)Sc1nnc(-c2ccc(Cl)cc2)n1-c1ccccc1. The van der Waals surface area contributed by atoms with Crippen molar-refractivity contribution in [1.82, 2.24) is 14.8 Å². The van der Waals surface area contributed by atoms with E-state index in [0.29, 0.717) is 16.0 Å². The molecule has 1 heterocycles. The number of para-hydroxylation sites is 2. The van der Waals surface area contributed by atoms with Crippen molar-refractivity contribution in [3.8, 4) is 17.1 Å². The predicted octanol–water partition coefficient (Wildman–Crippen LogP) is 6.32. The highest BCUT2D eigenvalue weighted by molar-refractivity contribution is 8.00. The molecule has 0 spiro atoms. The Morgan fingerprint density at radius 1 is 0.938 bits per heavy atom. The van der Waals surface area contributed by atoms with Crippen molar-refractivity contribution in [2.75, 3.05) is 5.32 Å². The molecule has 0 aliphatic heterocycles. The lowest BCUT2D eigenvalue weighted by atomic mass is 10.1. The van der Waals surface area contributed by atoms with Gasteiger partial charge in [0, 0.05) is 22.0 Å². The van der Waals surface area contributed by atoms with Gasteiger partial charge in [-0.2, -0.15) is 0 Å². The van der Waals surface area contributed by atoms with Gasteiger partial charge in [0.2, 0.25) is 5.91 Å². The van der Waals surface area contributed by atoms with Crippen LogP contribution in [0.3, 0.4) is 0 Å². The summed E-state index contributed by atoms with van der Waals surface area (Å²) in [5, 5.41) is 12.8. The molecule has 0 aliphatic carbocycles. The number of nitrogens with one attached hydrogen (secondary N) is 1. The van der Waals surface area contributed by atoms with Crippen molar-refractivity contribution in [1.29, 1.82) is 0 Å². The number of thioether (sulfide) groups is 1. The number of carbonyl (C=O) groups is 1. The Labute approximate surface area is 196 Å². The summed E-state index contributed by atoms with van der Waals surface area (Å²) in [6, 6.07) is 23.3. The highest BCUT2D eigenvalue weighted by Gasteiger charge is 2.22. The van der Waals surface area contributed by atoms with E-state index in [9.17, 15) is 4.79 Å². The minimum absolute atomic E-state index is 0.0805. The molecule has 0 bridgehead atoms. The number of anilines is 1. The molecule has 162 valence electrons. The maximum Gasteiger partial charge on any atom is 0.237 e. The summed E-state index contributed by atoms with van der Waals surface area (Å²) < 4.78 is 1.97. The molecule has 0 saturated carbocycles. The van der Waals surface area contributed by atoms with Crippen LogP contribution < -0.4 is 5.32 Å². The van der Waals surface area contributed by atoms with Crippen LogP contribution in [0.15, 0.2) is 78.0 Å². The zero-order valence-electron chi connectivity index (χ0n) is 18.0. The van der Waals surface area contributed by atoms with E-state index in [-0.39, 0.29) is 11.2 Å². The number of aryl methyl sites for hydroxylation is 2. The highest BCUT2D eigenvalue weighted by Crippen LogP contribution is 2.31. The van der Waals surface area contributed by atoms with Gasteiger partial charge in [0.05, 0.1) is 5.25 Å². The van der Waals surface area contributed by atoms with E-state index in [1.807, 2.05) is 98.1 Å². The van der Waals surface area contributed by atoms with Gasteiger partial charge in [-0.1, -0.05) is 59.8 Å². The van der Waals surface area contributed by atoms with Gasteiger partial charge in [-0.05, 0) is 68.3 Å². The summed E-state index contributed by atoms with van der Waals surface area (Å²) in [6.07, 6.45) is 0. The first-order valence-electron chi connectivity index (χ1n) is 10.2. The average molecular weight is 463 g/mol. The fourth-order valence-electron chi connectivity index (χ4n) is 3.39. The summed E-state index contributed by atoms with van der Waals surface area (Å²) >= 11 is 7.44. The Hall–Kier alpha value is -3.09. The predicted molar refractivity (Wildman–Crippen MR) is 132 cm³/mol. The number of benzene rings is 3. The van der Waals surface area contributed by atoms with Crippen LogP contribution in [0.25, 0.3) is 17.1 Å². The first kappa shape index (κ1) is 22.1. The molecule has 1 N–H and O–H groups in total. The Kier molecular flexibility index (Phi) is 6.63. The Morgan fingerprint density at radius 2 is 1.59 bits per heavy atom. The van der Waals surface area contributed by atoms with Gasteiger partial charge in [0.25, 0.3) is 0 Å². The third-order valence-electron chi connectivity index (χ3n) is 5.13. The number of rotatable bonds is 6. The molecule has 0 saturated heterocycles. The summed E-state index contributed by atoms with van der Waals surface area (Å²) in [5.41, 5.74) is 4.75. The van der Waals surface area contributed by atoms with Crippen molar-refractivity contribution in [3.63, 3.8) is 0 Å². The minimum atomic E-state index is -0.376. The molecule has 1 atom stereocenters. The monoisotopic (exact) mass is 462 g/mol. The van der Waals surface area contributed by atoms with Crippen molar-refractivity contribution in [2.45, 2.75) is 31.2 Å². The van der Waals surface area contributed by atoms with Gasteiger partial charge in [0.1, 0.15) is 0 Å². The van der Waals surface area contributed by atoms with E-state index in [4.69, 9.17) is 11.6 Å². The number of hydrogen-bond donors (Lipinski definition) is 1. The molecule has 1 aromatic heterocycles. The molecule has 4 aromatic rings. The maximum atomic E-state index is 13.0. The molecule has 0 fully saturated rings. The number of carbonyl (C=O) groups excluding carboxylic acids is 1. The lowest BCUT2D eigenvalue weighted by molar-refractivity contribution is -0.115. The van der Waals surface area contributed by atoms with Crippen LogP contribution in [0.5, 0.6) is 0 Å². The molecule has 7 heteroatoms. The Morgan fingerprint density at radius 3 is 2.25 bits per heavy atom. The van der Waals surface area contributed by atoms with Crippen LogP contribution in [-0.2, 0) is 4.79 Å². The lowest BCUT2D eigenvalue weighted by Gasteiger charge is -2.16. The van der Waals surface area contributed by atoms with Gasteiger partial charge in [-0.3, -0.25) is 9.36 Å². The Bertz CT molecular complexity index is 1220. The molecule has 5 nitrogen and oxygen atoms in total. The number of aromatic nitrogens is 3. The second kappa shape index (κ2) is 9.59. The van der Waals surface area contributed by atoms with Gasteiger partial charge >= 0.3 is 0 Å². The van der Waals surface area contributed by atoms with Crippen molar-refractivity contribution in [3.05, 3.63) is 88.9 Å². The second-order valence-electron chi connectivity index (χ2n) is 7.50. The van der Waals surface area contributed by atoms with E-state index in [1.54, 1.807) is 0 Å². The van der Waals surface area contributed by atoms with Crippen molar-refractivity contribution in [2.24, 2.45) is 0 Å². The third kappa shape index (κ3) is 4.71. The van der Waals surface area contributed by atoms with Crippen LogP contribution in [-0.4, -0.2) is 25.9 Å². The molecule has 0 radical (unpaired) electrons. The van der Waals surface area contributed by atoms with Crippen LogP contribution in [0.2, 0.25) is 5.02 Å². The van der Waals surface area contributed by atoms with E-state index < -0.39 is 0 Å². The first-order valence-corrected chi connectivity index (χ1v) is 11.5. The number of hydrogen-bond acceptors (Lipinski definition) is 4. The smallest absolute Gasteiger partial charge is 0.237 e. The lowest BCUT2D eigenvalue weighted by Crippen LogP contribution is -2.23. The highest BCUT2D eigenvalue weighted by atomic mass is 35.5. The maximum absolute atomic E-state index is 13.0. The summed E-state index contributed by atoms with van der Waals surface area (Å²) in [7, 11) is 0. The first-order chi connectivity index (χ1) is 15.4. The van der Waals surface area contributed by atoms with Gasteiger partial charge in [-0.15, -0.1) is 10.2 Å². The Balaban J connectivity index is 1.65. The van der Waals surface area contributed by atoms with Gasteiger partial charge in [-0.25, -0.2) is 0 Å². The van der Waals surface area contributed by atoms with Gasteiger partial charge in [0.15, 0.2) is 11.0 Å². The second-order valence-corrected chi connectivity index (χ2v) is 9.24. The van der Waals surface area contributed by atoms with Crippen molar-refractivity contribution < 1.29 is 4.79 Å². The zero-order valence-corrected chi connectivity index (χ0v) is 19.6. The van der Waals surface area contributed by atoms with Crippen LogP contribution >= 0.6 is 23.4 Å². The standard InChI is InChI=1S/C25H23ClN4OS/c1-16-8-7-9-17(2)22(16)27-24(31)18(3)32-25-29-28-23(19-12-14-20(26)15-13-19)30(25)21-10-5-4-6-11-21/h4-15,18H,1-3H3,(H,27,31). The topological polar surface area (TPSA) is 59.8 Å². The summed E-state index contributed by atoms with van der Waals surface area (Å²) in [4.78, 5) is 13.0. The summed E-state index contributed by atoms with van der Waals surface area (Å²) in [6.45, 7) is 5.86. The molecule has 32 heavy (non-hydrogen) atoms. The molecule has 1 amide bonds. The molecule has 4 rings (SSSR count). The van der Waals surface area contributed by atoms with Crippen molar-refractivity contribution >= 4 is 35.0 Å². The number of nitrogens with zero attached hydrogens (tertiary/aromatic N) is 3. The minimum Gasteiger partial charge on any atom is -0.325 e. The van der Waals surface area contributed by atoms with Crippen LogP contribution in [0.1, 0.15) is 18.1 Å². The molecular weight excluding hydrogens is 440 g/mol. The van der Waals surface area contributed by atoms with Crippen LogP contribution in [0.4, 0.5) is 5.69 Å². The zero-order chi connectivity index (χ0) is 22.7. The van der Waals surface area contributed by atoms with Gasteiger partial charge < -0.3 is 5.32 Å². The fourth-order valence-corrected chi connectivity index (χ4v) is 4.38. The fraction of sp³-hybridized carbons (Fsp3) is 0.160. The average Bonchev–Trinajstić information content (AvgIpc) is 3.20. The number of amides is 1. The quantitative estimate of drug-likeness (QED) is 0.340. The molecular formula is C25H23ClN4OS. The third-order valence-corrected chi connectivity index (χ3v) is 6.43. The normalized spacial score (nSPS) is 11.9. The van der Waals surface area contributed by atoms with E-state index in [0.717, 1.165) is 28.1 Å². The van der Waals surface area contributed by atoms with E-state index in [1.165, 1.54) is 11.8 Å². The summed E-state index contributed by atoms with van der Waals surface area (Å²) in [5.74, 6) is 0.612.